The second kappa shape index (κ2) is 6.91. The van der Waals surface area contributed by atoms with E-state index >= 15 is 0 Å². The average molecular weight is 338 g/mol. The Kier molecular flexibility index (Phi) is 4.51. The third-order valence-corrected chi connectivity index (χ3v) is 3.62. The van der Waals surface area contributed by atoms with Crippen molar-refractivity contribution in [2.24, 2.45) is 0 Å². The Bertz CT molecular complexity index is 891. The monoisotopic (exact) mass is 338 g/mol. The van der Waals surface area contributed by atoms with E-state index in [2.05, 4.69) is 10.1 Å². The molecule has 0 saturated heterocycles. The lowest BCUT2D eigenvalue weighted by molar-refractivity contribution is -0.385. The zero-order valence-electron chi connectivity index (χ0n) is 13.3. The highest BCUT2D eigenvalue weighted by Crippen LogP contribution is 2.23. The number of ether oxygens (including phenoxy) is 1. The first-order valence-corrected chi connectivity index (χ1v) is 7.45. The van der Waals surface area contributed by atoms with Gasteiger partial charge in [0.2, 0.25) is 0 Å². The molecule has 0 radical (unpaired) electrons. The van der Waals surface area contributed by atoms with Gasteiger partial charge in [0.1, 0.15) is 18.8 Å². The molecular formula is C17H14N4O4. The molecule has 2 aromatic carbocycles. The van der Waals surface area contributed by atoms with Crippen LogP contribution in [0.2, 0.25) is 0 Å². The molecule has 0 saturated carbocycles. The van der Waals surface area contributed by atoms with Gasteiger partial charge in [0, 0.05) is 12.1 Å². The Balaban J connectivity index is 1.71. The van der Waals surface area contributed by atoms with E-state index in [9.17, 15) is 14.9 Å². The minimum atomic E-state index is -0.609. The molecule has 0 bridgehead atoms. The van der Waals surface area contributed by atoms with Gasteiger partial charge in [-0.05, 0) is 36.8 Å². The summed E-state index contributed by atoms with van der Waals surface area (Å²) in [5, 5.41) is 14.8. The molecule has 126 valence electrons. The maximum atomic E-state index is 12.3. The molecule has 25 heavy (non-hydrogen) atoms. The summed E-state index contributed by atoms with van der Waals surface area (Å²) in [5.74, 6) is -0.510. The summed E-state index contributed by atoms with van der Waals surface area (Å²) in [7, 11) is 0. The van der Waals surface area contributed by atoms with Crippen LogP contribution in [0.1, 0.15) is 28.9 Å². The number of nitrogens with zero attached hydrogens (tertiary/aromatic N) is 4. The minimum absolute atomic E-state index is 0.0439. The van der Waals surface area contributed by atoms with Crippen molar-refractivity contribution in [1.82, 2.24) is 14.8 Å². The van der Waals surface area contributed by atoms with Gasteiger partial charge in [0.25, 0.3) is 5.69 Å². The van der Waals surface area contributed by atoms with Crippen LogP contribution in [0.4, 0.5) is 5.69 Å². The van der Waals surface area contributed by atoms with Crippen LogP contribution in [0.3, 0.4) is 0 Å². The van der Waals surface area contributed by atoms with Crippen molar-refractivity contribution in [2.75, 3.05) is 0 Å². The molecule has 3 rings (SSSR count). The summed E-state index contributed by atoms with van der Waals surface area (Å²) >= 11 is 0. The maximum Gasteiger partial charge on any atom is 0.338 e. The smallest absolute Gasteiger partial charge is 0.338 e. The fourth-order valence-corrected chi connectivity index (χ4v) is 2.28. The predicted molar refractivity (Wildman–Crippen MR) is 88.3 cm³/mol. The zero-order chi connectivity index (χ0) is 17.8. The van der Waals surface area contributed by atoms with Gasteiger partial charge in [-0.1, -0.05) is 12.1 Å². The summed E-state index contributed by atoms with van der Waals surface area (Å²) in [6.45, 7) is 1.67. The lowest BCUT2D eigenvalue weighted by Gasteiger charge is -2.13. The highest BCUT2D eigenvalue weighted by Gasteiger charge is 2.16. The van der Waals surface area contributed by atoms with Crippen LogP contribution in [-0.2, 0) is 4.74 Å². The van der Waals surface area contributed by atoms with E-state index in [0.717, 1.165) is 5.69 Å². The molecule has 0 amide bonds. The van der Waals surface area contributed by atoms with Crippen molar-refractivity contribution >= 4 is 11.7 Å². The van der Waals surface area contributed by atoms with Gasteiger partial charge in [-0.25, -0.2) is 14.5 Å². The first-order chi connectivity index (χ1) is 12.0. The molecule has 0 aliphatic carbocycles. The summed E-state index contributed by atoms with van der Waals surface area (Å²) in [6.07, 6.45) is 2.36. The van der Waals surface area contributed by atoms with Crippen LogP contribution >= 0.6 is 0 Å². The van der Waals surface area contributed by atoms with E-state index in [4.69, 9.17) is 4.74 Å². The van der Waals surface area contributed by atoms with E-state index in [1.807, 2.05) is 0 Å². The number of aromatic nitrogens is 3. The molecule has 1 aromatic heterocycles. The zero-order valence-corrected chi connectivity index (χ0v) is 13.3. The van der Waals surface area contributed by atoms with Crippen molar-refractivity contribution in [2.45, 2.75) is 13.0 Å². The molecule has 1 unspecified atom stereocenters. The number of hydrogen-bond donors (Lipinski definition) is 0. The van der Waals surface area contributed by atoms with Crippen LogP contribution in [0, 0.1) is 10.1 Å². The first kappa shape index (κ1) is 16.3. The van der Waals surface area contributed by atoms with Crippen LogP contribution in [0.25, 0.3) is 5.69 Å². The van der Waals surface area contributed by atoms with Gasteiger partial charge in [0.15, 0.2) is 0 Å². The number of non-ortho nitro benzene ring substituents is 1. The molecule has 3 aromatic rings. The second-order valence-corrected chi connectivity index (χ2v) is 5.29. The maximum absolute atomic E-state index is 12.3. The summed E-state index contributed by atoms with van der Waals surface area (Å²) in [4.78, 5) is 26.5. The molecule has 8 nitrogen and oxygen atoms in total. The standard InChI is InChI=1S/C17H14N4O4/c1-12(14-3-2-4-16(9-14)21(23)24)25-17(22)13-5-7-15(8-6-13)20-11-18-10-19-20/h2-12H,1H3. The van der Waals surface area contributed by atoms with Crippen molar-refractivity contribution < 1.29 is 14.5 Å². The molecule has 0 N–H and O–H groups in total. The second-order valence-electron chi connectivity index (χ2n) is 5.29. The number of carbonyl (C=O) groups excluding carboxylic acids is 1. The number of esters is 1. The van der Waals surface area contributed by atoms with Crippen LogP contribution in [-0.4, -0.2) is 25.7 Å². The fraction of sp³-hybridized carbons (Fsp3) is 0.118. The Morgan fingerprint density at radius 3 is 2.64 bits per heavy atom. The molecule has 0 fully saturated rings. The fourth-order valence-electron chi connectivity index (χ4n) is 2.28. The van der Waals surface area contributed by atoms with E-state index in [1.165, 1.54) is 18.5 Å². The quantitative estimate of drug-likeness (QED) is 0.402. The number of nitro groups is 1. The SMILES string of the molecule is CC(OC(=O)c1ccc(-n2cncn2)cc1)c1cccc([N+](=O)[O-])c1. The topological polar surface area (TPSA) is 100 Å². The third kappa shape index (κ3) is 3.69. The number of carbonyl (C=O) groups is 1. The van der Waals surface area contributed by atoms with Gasteiger partial charge in [0.05, 0.1) is 16.2 Å². The van der Waals surface area contributed by atoms with Gasteiger partial charge >= 0.3 is 5.97 Å². The lowest BCUT2D eigenvalue weighted by Crippen LogP contribution is -2.09. The number of benzene rings is 2. The Morgan fingerprint density at radius 2 is 2.00 bits per heavy atom. The van der Waals surface area contributed by atoms with Gasteiger partial charge in [-0.2, -0.15) is 5.10 Å². The molecule has 0 spiro atoms. The van der Waals surface area contributed by atoms with E-state index < -0.39 is 17.0 Å². The minimum Gasteiger partial charge on any atom is -0.454 e. The van der Waals surface area contributed by atoms with Crippen molar-refractivity contribution in [3.05, 3.63) is 82.4 Å². The van der Waals surface area contributed by atoms with Crippen molar-refractivity contribution in [3.8, 4) is 5.69 Å². The van der Waals surface area contributed by atoms with Gasteiger partial charge < -0.3 is 4.74 Å². The van der Waals surface area contributed by atoms with Gasteiger partial charge in [-0.3, -0.25) is 10.1 Å². The highest BCUT2D eigenvalue weighted by atomic mass is 16.6. The molecule has 0 aliphatic heterocycles. The third-order valence-electron chi connectivity index (χ3n) is 3.62. The van der Waals surface area contributed by atoms with E-state index in [0.29, 0.717) is 11.1 Å². The normalized spacial score (nSPS) is 11.7. The first-order valence-electron chi connectivity index (χ1n) is 7.45. The van der Waals surface area contributed by atoms with Crippen LogP contribution < -0.4 is 0 Å². The Hall–Kier alpha value is -3.55. The lowest BCUT2D eigenvalue weighted by atomic mass is 10.1. The molecule has 1 atom stereocenters. The van der Waals surface area contributed by atoms with Gasteiger partial charge in [-0.15, -0.1) is 0 Å². The average Bonchev–Trinajstić information content (AvgIpc) is 3.16. The summed E-state index contributed by atoms with van der Waals surface area (Å²) in [6, 6.07) is 12.7. The summed E-state index contributed by atoms with van der Waals surface area (Å²) in [5.41, 5.74) is 1.65. The number of hydrogen-bond acceptors (Lipinski definition) is 6. The van der Waals surface area contributed by atoms with Crippen LogP contribution in [0.5, 0.6) is 0 Å². The largest absolute Gasteiger partial charge is 0.454 e. The van der Waals surface area contributed by atoms with E-state index in [1.54, 1.807) is 54.3 Å². The molecule has 0 aliphatic rings. The molecular weight excluding hydrogens is 324 g/mol. The number of rotatable bonds is 5. The predicted octanol–water partition coefficient (Wildman–Crippen LogP) is 3.09. The molecule has 1 heterocycles. The highest BCUT2D eigenvalue weighted by molar-refractivity contribution is 5.89. The van der Waals surface area contributed by atoms with E-state index in [-0.39, 0.29) is 5.69 Å². The van der Waals surface area contributed by atoms with Crippen LogP contribution in [0.15, 0.2) is 61.2 Å². The van der Waals surface area contributed by atoms with Crippen molar-refractivity contribution in [3.63, 3.8) is 0 Å². The number of nitro benzene ring substituents is 1. The Morgan fingerprint density at radius 1 is 1.24 bits per heavy atom. The molecule has 8 heteroatoms. The Labute approximate surface area is 142 Å². The summed E-state index contributed by atoms with van der Waals surface area (Å²) < 4.78 is 6.96. The van der Waals surface area contributed by atoms with Crippen molar-refractivity contribution in [1.29, 1.82) is 0 Å².